The fourth-order valence-electron chi connectivity index (χ4n) is 3.29. The van der Waals surface area contributed by atoms with Crippen LogP contribution in [0.25, 0.3) is 11.5 Å². The van der Waals surface area contributed by atoms with E-state index in [4.69, 9.17) is 16.0 Å². The average Bonchev–Trinajstić information content (AvgIpc) is 3.12. The van der Waals surface area contributed by atoms with Gasteiger partial charge in [-0.3, -0.25) is 0 Å². The number of benzene rings is 3. The maximum Gasteiger partial charge on any atom is 0.238 e. The summed E-state index contributed by atoms with van der Waals surface area (Å²) in [4.78, 5) is 4.51. The fraction of sp³-hybridized carbons (Fsp3) is 0.125. The highest BCUT2D eigenvalue weighted by Gasteiger charge is 2.28. The Hall–Kier alpha value is -3.09. The van der Waals surface area contributed by atoms with Crippen LogP contribution in [0.5, 0.6) is 0 Å². The predicted molar refractivity (Wildman–Crippen MR) is 123 cm³/mol. The number of hydrogen-bond donors (Lipinski definition) is 1. The number of sulfone groups is 1. The molecule has 4 rings (SSSR count). The Kier molecular flexibility index (Phi) is 5.60. The Morgan fingerprint density at radius 1 is 0.839 bits per heavy atom. The number of hydrogen-bond acceptors (Lipinski definition) is 5. The molecule has 0 saturated carbocycles. The van der Waals surface area contributed by atoms with E-state index in [0.717, 1.165) is 22.4 Å². The van der Waals surface area contributed by atoms with Crippen LogP contribution in [0.2, 0.25) is 5.02 Å². The molecule has 0 unspecified atom stereocenters. The average molecular weight is 453 g/mol. The molecule has 1 aromatic heterocycles. The summed E-state index contributed by atoms with van der Waals surface area (Å²) in [6, 6.07) is 19.4. The van der Waals surface area contributed by atoms with E-state index in [1.54, 1.807) is 48.5 Å². The van der Waals surface area contributed by atoms with Gasteiger partial charge in [0.15, 0.2) is 0 Å². The van der Waals surface area contributed by atoms with E-state index in [9.17, 15) is 8.42 Å². The van der Waals surface area contributed by atoms with Gasteiger partial charge in [0.05, 0.1) is 4.90 Å². The minimum atomic E-state index is -3.92. The van der Waals surface area contributed by atoms with Crippen molar-refractivity contribution in [1.82, 2.24) is 4.98 Å². The van der Waals surface area contributed by atoms with Crippen molar-refractivity contribution in [3.05, 3.63) is 88.4 Å². The van der Waals surface area contributed by atoms with E-state index in [2.05, 4.69) is 10.3 Å². The Morgan fingerprint density at radius 2 is 1.45 bits per heavy atom. The van der Waals surface area contributed by atoms with Crippen LogP contribution in [0, 0.1) is 20.8 Å². The van der Waals surface area contributed by atoms with Crippen molar-refractivity contribution < 1.29 is 12.8 Å². The lowest BCUT2D eigenvalue weighted by Gasteiger charge is -2.08. The number of halogens is 1. The minimum absolute atomic E-state index is 0.0653. The van der Waals surface area contributed by atoms with Crippen molar-refractivity contribution in [3.8, 4) is 11.5 Å². The van der Waals surface area contributed by atoms with Crippen LogP contribution in [0.3, 0.4) is 0 Å². The topological polar surface area (TPSA) is 72.2 Å². The third-order valence-corrected chi connectivity index (χ3v) is 6.68. The van der Waals surface area contributed by atoms with Crippen LogP contribution in [-0.2, 0) is 9.84 Å². The van der Waals surface area contributed by atoms with Gasteiger partial charge in [-0.15, -0.1) is 0 Å². The van der Waals surface area contributed by atoms with Gasteiger partial charge >= 0.3 is 0 Å². The summed E-state index contributed by atoms with van der Waals surface area (Å²) >= 11 is 5.98. The second kappa shape index (κ2) is 8.21. The summed E-state index contributed by atoms with van der Waals surface area (Å²) < 4.78 is 32.7. The van der Waals surface area contributed by atoms with Gasteiger partial charge < -0.3 is 9.73 Å². The van der Waals surface area contributed by atoms with Crippen molar-refractivity contribution in [1.29, 1.82) is 0 Å². The molecule has 158 valence electrons. The molecule has 0 spiro atoms. The highest BCUT2D eigenvalue weighted by atomic mass is 35.5. The molecule has 0 saturated heterocycles. The second-order valence-corrected chi connectivity index (χ2v) is 9.78. The smallest absolute Gasteiger partial charge is 0.238 e. The van der Waals surface area contributed by atoms with Crippen molar-refractivity contribution in [2.75, 3.05) is 5.32 Å². The molecule has 0 aliphatic rings. The SMILES string of the molecule is Cc1ccc(S(=O)(=O)c2nc(-c3ccc(Cl)cc3)oc2Nc2cc(C)cc(C)c2)cc1. The monoisotopic (exact) mass is 452 g/mol. The summed E-state index contributed by atoms with van der Waals surface area (Å²) in [5, 5.41) is 3.51. The summed E-state index contributed by atoms with van der Waals surface area (Å²) in [6.45, 7) is 5.85. The number of anilines is 2. The first kappa shape index (κ1) is 21.2. The quantitative estimate of drug-likeness (QED) is 0.374. The lowest BCUT2D eigenvalue weighted by atomic mass is 10.1. The Balaban J connectivity index is 1.85. The molecule has 0 radical (unpaired) electrons. The number of aromatic nitrogens is 1. The molecule has 31 heavy (non-hydrogen) atoms. The van der Waals surface area contributed by atoms with Gasteiger partial charge in [-0.2, -0.15) is 4.98 Å². The maximum atomic E-state index is 13.4. The molecule has 5 nitrogen and oxygen atoms in total. The summed E-state index contributed by atoms with van der Waals surface area (Å²) in [5.74, 6) is 0.254. The van der Waals surface area contributed by atoms with Crippen LogP contribution >= 0.6 is 11.6 Å². The Morgan fingerprint density at radius 3 is 2.06 bits per heavy atom. The molecule has 0 atom stereocenters. The lowest BCUT2D eigenvalue weighted by Crippen LogP contribution is -2.05. The third kappa shape index (κ3) is 4.50. The van der Waals surface area contributed by atoms with Gasteiger partial charge in [0.1, 0.15) is 0 Å². The Bertz CT molecular complexity index is 1320. The van der Waals surface area contributed by atoms with Gasteiger partial charge in [-0.1, -0.05) is 35.4 Å². The van der Waals surface area contributed by atoms with Gasteiger partial charge in [0.2, 0.25) is 26.6 Å². The molecule has 4 aromatic rings. The molecule has 0 aliphatic carbocycles. The number of nitrogens with one attached hydrogen (secondary N) is 1. The second-order valence-electron chi connectivity index (χ2n) is 7.48. The standard InChI is InChI=1S/C24H21ClN2O3S/c1-15-4-10-21(11-5-15)31(28,29)24-23(26-20-13-16(2)12-17(3)14-20)30-22(27-24)18-6-8-19(25)9-7-18/h4-14,26H,1-3H3. The number of nitrogens with zero attached hydrogens (tertiary/aromatic N) is 1. The molecule has 0 bridgehead atoms. The van der Waals surface area contributed by atoms with Gasteiger partial charge in [0, 0.05) is 16.3 Å². The summed E-state index contributed by atoms with van der Waals surface area (Å²) in [5.41, 5.74) is 4.40. The molecule has 1 N–H and O–H groups in total. The largest absolute Gasteiger partial charge is 0.419 e. The van der Waals surface area contributed by atoms with Crippen LogP contribution in [-0.4, -0.2) is 13.4 Å². The molecule has 7 heteroatoms. The van der Waals surface area contributed by atoms with Gasteiger partial charge in [0.25, 0.3) is 0 Å². The number of aryl methyl sites for hydroxylation is 3. The van der Waals surface area contributed by atoms with Crippen LogP contribution in [0.4, 0.5) is 11.6 Å². The molecule has 0 fully saturated rings. The molecular formula is C24H21ClN2O3S. The first-order chi connectivity index (χ1) is 14.7. The van der Waals surface area contributed by atoms with E-state index in [0.29, 0.717) is 10.6 Å². The van der Waals surface area contributed by atoms with E-state index < -0.39 is 9.84 Å². The molecular weight excluding hydrogens is 432 g/mol. The maximum absolute atomic E-state index is 13.4. The summed E-state index contributed by atoms with van der Waals surface area (Å²) in [6.07, 6.45) is 0. The predicted octanol–water partition coefficient (Wildman–Crippen LogP) is 6.50. The van der Waals surface area contributed by atoms with E-state index in [1.165, 1.54) is 0 Å². The van der Waals surface area contributed by atoms with E-state index in [1.807, 2.05) is 39.0 Å². The van der Waals surface area contributed by atoms with E-state index in [-0.39, 0.29) is 21.7 Å². The zero-order valence-electron chi connectivity index (χ0n) is 17.3. The summed E-state index contributed by atoms with van der Waals surface area (Å²) in [7, 11) is -3.92. The highest BCUT2D eigenvalue weighted by Crippen LogP contribution is 2.34. The normalized spacial score (nSPS) is 11.5. The van der Waals surface area contributed by atoms with Crippen LogP contribution < -0.4 is 5.32 Å². The lowest BCUT2D eigenvalue weighted by molar-refractivity contribution is 0.582. The molecule has 3 aromatic carbocycles. The first-order valence-electron chi connectivity index (χ1n) is 9.66. The number of rotatable bonds is 5. The first-order valence-corrected chi connectivity index (χ1v) is 11.5. The van der Waals surface area contributed by atoms with Crippen LogP contribution in [0.15, 0.2) is 81.1 Å². The zero-order valence-corrected chi connectivity index (χ0v) is 18.9. The van der Waals surface area contributed by atoms with Crippen molar-refractivity contribution in [2.24, 2.45) is 0 Å². The van der Waals surface area contributed by atoms with E-state index >= 15 is 0 Å². The van der Waals surface area contributed by atoms with Crippen molar-refractivity contribution >= 4 is 33.0 Å². The van der Waals surface area contributed by atoms with Crippen LogP contribution in [0.1, 0.15) is 16.7 Å². The molecule has 0 aliphatic heterocycles. The molecule has 0 amide bonds. The number of oxazole rings is 1. The fourth-order valence-corrected chi connectivity index (χ4v) is 4.67. The van der Waals surface area contributed by atoms with Gasteiger partial charge in [-0.25, -0.2) is 8.42 Å². The highest BCUT2D eigenvalue weighted by molar-refractivity contribution is 7.91. The Labute approximate surface area is 186 Å². The van der Waals surface area contributed by atoms with Gasteiger partial charge in [-0.05, 0) is 80.4 Å². The van der Waals surface area contributed by atoms with Crippen molar-refractivity contribution in [2.45, 2.75) is 30.7 Å². The third-order valence-electron chi connectivity index (χ3n) is 4.75. The zero-order chi connectivity index (χ0) is 22.2. The molecule has 1 heterocycles. The minimum Gasteiger partial charge on any atom is -0.419 e. The van der Waals surface area contributed by atoms with Crippen molar-refractivity contribution in [3.63, 3.8) is 0 Å².